The van der Waals surface area contributed by atoms with Gasteiger partial charge < -0.3 is 15.7 Å². The van der Waals surface area contributed by atoms with Gasteiger partial charge in [-0.15, -0.1) is 0 Å². The fraction of sp³-hybridized carbons (Fsp3) is 0.917. The van der Waals surface area contributed by atoms with Gasteiger partial charge in [0, 0.05) is 25.6 Å². The zero-order valence-corrected chi connectivity index (χ0v) is 10.4. The molecule has 1 rings (SSSR count). The summed E-state index contributed by atoms with van der Waals surface area (Å²) in [6, 6.07) is 0.164. The van der Waals surface area contributed by atoms with E-state index >= 15 is 0 Å². The van der Waals surface area contributed by atoms with Crippen LogP contribution in [0.1, 0.15) is 46.0 Å². The van der Waals surface area contributed by atoms with Crippen molar-refractivity contribution in [1.29, 1.82) is 0 Å². The molecule has 4 heteroatoms. The lowest BCUT2D eigenvalue weighted by molar-refractivity contribution is -0.137. The number of piperidine rings is 1. The third-order valence-corrected chi connectivity index (χ3v) is 3.08. The van der Waals surface area contributed by atoms with Crippen molar-refractivity contribution in [2.24, 2.45) is 5.73 Å². The van der Waals surface area contributed by atoms with E-state index in [0.717, 1.165) is 32.2 Å². The molecule has 0 aromatic rings. The van der Waals surface area contributed by atoms with Crippen LogP contribution in [0.15, 0.2) is 0 Å². The van der Waals surface area contributed by atoms with Gasteiger partial charge in [0.2, 0.25) is 5.91 Å². The average Bonchev–Trinajstić information content (AvgIpc) is 2.15. The fourth-order valence-corrected chi connectivity index (χ4v) is 2.17. The molecule has 94 valence electrons. The van der Waals surface area contributed by atoms with Crippen LogP contribution in [0, 0.1) is 0 Å². The van der Waals surface area contributed by atoms with E-state index in [1.165, 1.54) is 0 Å². The van der Waals surface area contributed by atoms with Gasteiger partial charge in [-0.05, 0) is 39.5 Å². The molecule has 3 N–H and O–H groups in total. The second-order valence-electron chi connectivity index (χ2n) is 5.29. The molecule has 0 bridgehead atoms. The Morgan fingerprint density at radius 1 is 1.62 bits per heavy atom. The van der Waals surface area contributed by atoms with Gasteiger partial charge in [-0.1, -0.05) is 0 Å². The van der Waals surface area contributed by atoms with Gasteiger partial charge in [0.05, 0.1) is 5.60 Å². The number of likely N-dealkylation sites (tertiary alicyclic amines) is 1. The molecule has 1 aliphatic rings. The fourth-order valence-electron chi connectivity index (χ4n) is 2.17. The van der Waals surface area contributed by atoms with E-state index in [0.29, 0.717) is 13.0 Å². The van der Waals surface area contributed by atoms with E-state index in [4.69, 9.17) is 5.73 Å². The third-order valence-electron chi connectivity index (χ3n) is 3.08. The molecular formula is C12H24N2O2. The van der Waals surface area contributed by atoms with Crippen LogP contribution in [-0.2, 0) is 4.79 Å². The zero-order chi connectivity index (χ0) is 12.2. The van der Waals surface area contributed by atoms with Gasteiger partial charge in [0.1, 0.15) is 0 Å². The van der Waals surface area contributed by atoms with Crippen LogP contribution < -0.4 is 5.73 Å². The molecule has 2 atom stereocenters. The highest BCUT2D eigenvalue weighted by Gasteiger charge is 2.30. The lowest BCUT2D eigenvalue weighted by Crippen LogP contribution is -2.48. The van der Waals surface area contributed by atoms with Crippen LogP contribution in [0.2, 0.25) is 0 Å². The van der Waals surface area contributed by atoms with Gasteiger partial charge in [-0.3, -0.25) is 4.79 Å². The van der Waals surface area contributed by atoms with Crippen LogP contribution in [0.5, 0.6) is 0 Å². The average molecular weight is 228 g/mol. The first-order valence-electron chi connectivity index (χ1n) is 6.16. The topological polar surface area (TPSA) is 66.6 Å². The van der Waals surface area contributed by atoms with Gasteiger partial charge in [0.25, 0.3) is 0 Å². The Morgan fingerprint density at radius 2 is 2.31 bits per heavy atom. The Kier molecular flexibility index (Phi) is 4.74. The standard InChI is InChI=1S/C12H24N2O2/c1-10(13)5-3-6-11(15)14-8-4-7-12(2,16)9-14/h10,16H,3-9,13H2,1-2H3. The molecule has 4 nitrogen and oxygen atoms in total. The Labute approximate surface area is 97.8 Å². The van der Waals surface area contributed by atoms with E-state index in [2.05, 4.69) is 0 Å². The van der Waals surface area contributed by atoms with Crippen LogP contribution in [0.3, 0.4) is 0 Å². The smallest absolute Gasteiger partial charge is 0.222 e. The van der Waals surface area contributed by atoms with Gasteiger partial charge >= 0.3 is 0 Å². The van der Waals surface area contributed by atoms with Gasteiger partial charge in [-0.25, -0.2) is 0 Å². The Bertz CT molecular complexity index is 239. The summed E-state index contributed by atoms with van der Waals surface area (Å²) in [6.45, 7) is 5.02. The molecule has 2 unspecified atom stereocenters. The number of β-amino-alcohol motifs (C(OH)–C–C–N with tert-alkyl or cyclic N) is 1. The highest BCUT2D eigenvalue weighted by molar-refractivity contribution is 5.76. The summed E-state index contributed by atoms with van der Waals surface area (Å²) in [7, 11) is 0. The number of rotatable bonds is 4. The Balaban J connectivity index is 2.31. The summed E-state index contributed by atoms with van der Waals surface area (Å²) in [6.07, 6.45) is 3.96. The van der Waals surface area contributed by atoms with Crippen molar-refractivity contribution in [3.05, 3.63) is 0 Å². The first-order chi connectivity index (χ1) is 7.41. The van der Waals surface area contributed by atoms with Crippen molar-refractivity contribution in [1.82, 2.24) is 4.90 Å². The number of nitrogens with zero attached hydrogens (tertiary/aromatic N) is 1. The SMILES string of the molecule is CC(N)CCCC(=O)N1CCCC(C)(O)C1. The molecule has 0 spiro atoms. The first kappa shape index (κ1) is 13.5. The summed E-state index contributed by atoms with van der Waals surface area (Å²) in [5.74, 6) is 0.153. The molecule has 0 aromatic heterocycles. The summed E-state index contributed by atoms with van der Waals surface area (Å²) in [4.78, 5) is 13.6. The minimum absolute atomic E-state index is 0.153. The number of carbonyl (C=O) groups excluding carboxylic acids is 1. The minimum Gasteiger partial charge on any atom is -0.388 e. The molecule has 1 saturated heterocycles. The summed E-state index contributed by atoms with van der Waals surface area (Å²) < 4.78 is 0. The van der Waals surface area contributed by atoms with Crippen LogP contribution in [0.4, 0.5) is 0 Å². The number of nitrogens with two attached hydrogens (primary N) is 1. The molecule has 1 amide bonds. The van der Waals surface area contributed by atoms with E-state index in [-0.39, 0.29) is 11.9 Å². The van der Waals surface area contributed by atoms with Gasteiger partial charge in [0.15, 0.2) is 0 Å². The predicted octanol–water partition coefficient (Wildman–Crippen LogP) is 0.877. The van der Waals surface area contributed by atoms with Gasteiger partial charge in [-0.2, -0.15) is 0 Å². The molecule has 16 heavy (non-hydrogen) atoms. The largest absolute Gasteiger partial charge is 0.388 e. The lowest BCUT2D eigenvalue weighted by atomic mass is 9.95. The predicted molar refractivity (Wildman–Crippen MR) is 63.9 cm³/mol. The number of hydrogen-bond donors (Lipinski definition) is 2. The summed E-state index contributed by atoms with van der Waals surface area (Å²) >= 11 is 0. The third kappa shape index (κ3) is 4.49. The molecule has 0 aromatic carbocycles. The maximum absolute atomic E-state index is 11.8. The number of amides is 1. The molecule has 1 heterocycles. The molecule has 0 aliphatic carbocycles. The minimum atomic E-state index is -0.699. The summed E-state index contributed by atoms with van der Waals surface area (Å²) in [5.41, 5.74) is 4.94. The second-order valence-corrected chi connectivity index (χ2v) is 5.29. The molecule has 0 radical (unpaired) electrons. The summed E-state index contributed by atoms with van der Waals surface area (Å²) in [5, 5.41) is 9.89. The van der Waals surface area contributed by atoms with E-state index < -0.39 is 5.60 Å². The molecule has 1 aliphatic heterocycles. The van der Waals surface area contributed by atoms with Crippen molar-refractivity contribution in [3.63, 3.8) is 0 Å². The van der Waals surface area contributed by atoms with Crippen molar-refractivity contribution >= 4 is 5.91 Å². The first-order valence-corrected chi connectivity index (χ1v) is 6.16. The van der Waals surface area contributed by atoms with E-state index in [1.54, 1.807) is 11.8 Å². The maximum Gasteiger partial charge on any atom is 0.222 e. The van der Waals surface area contributed by atoms with Crippen LogP contribution >= 0.6 is 0 Å². The van der Waals surface area contributed by atoms with Crippen molar-refractivity contribution in [2.75, 3.05) is 13.1 Å². The highest BCUT2D eigenvalue weighted by Crippen LogP contribution is 2.21. The van der Waals surface area contributed by atoms with Crippen LogP contribution in [0.25, 0.3) is 0 Å². The number of hydrogen-bond acceptors (Lipinski definition) is 3. The lowest BCUT2D eigenvalue weighted by Gasteiger charge is -2.37. The highest BCUT2D eigenvalue weighted by atomic mass is 16.3. The Hall–Kier alpha value is -0.610. The molecular weight excluding hydrogens is 204 g/mol. The van der Waals surface area contributed by atoms with Crippen molar-refractivity contribution in [2.45, 2.75) is 57.6 Å². The Morgan fingerprint density at radius 3 is 2.88 bits per heavy atom. The van der Waals surface area contributed by atoms with E-state index in [9.17, 15) is 9.90 Å². The normalized spacial score (nSPS) is 27.9. The van der Waals surface area contributed by atoms with Crippen molar-refractivity contribution in [3.8, 4) is 0 Å². The number of carbonyl (C=O) groups is 1. The van der Waals surface area contributed by atoms with E-state index in [1.807, 2.05) is 6.92 Å². The zero-order valence-electron chi connectivity index (χ0n) is 10.4. The molecule has 1 fully saturated rings. The molecule has 0 saturated carbocycles. The van der Waals surface area contributed by atoms with Crippen LogP contribution in [-0.4, -0.2) is 40.6 Å². The maximum atomic E-state index is 11.8. The second kappa shape index (κ2) is 5.64. The monoisotopic (exact) mass is 228 g/mol. The quantitative estimate of drug-likeness (QED) is 0.750. The van der Waals surface area contributed by atoms with Crippen molar-refractivity contribution < 1.29 is 9.90 Å². The number of aliphatic hydroxyl groups is 1.